The fourth-order valence-corrected chi connectivity index (χ4v) is 3.29. The maximum Gasteiger partial charge on any atom is 0.251 e. The average Bonchev–Trinajstić information content (AvgIpc) is 2.94. The number of carbonyl (C=O) groups excluding carboxylic acids is 1. The molecular weight excluding hydrogens is 316 g/mol. The van der Waals surface area contributed by atoms with Gasteiger partial charge in [-0.2, -0.15) is 0 Å². The van der Waals surface area contributed by atoms with Gasteiger partial charge in [0, 0.05) is 29.4 Å². The van der Waals surface area contributed by atoms with Crippen LogP contribution in [0.5, 0.6) is 5.75 Å². The van der Waals surface area contributed by atoms with Gasteiger partial charge < -0.3 is 10.4 Å². The van der Waals surface area contributed by atoms with Crippen molar-refractivity contribution in [3.63, 3.8) is 0 Å². The molecule has 0 atom stereocenters. The molecule has 2 N–H and O–H groups in total. The lowest BCUT2D eigenvalue weighted by Crippen LogP contribution is -2.24. The van der Waals surface area contributed by atoms with E-state index in [4.69, 9.17) is 11.6 Å². The molecule has 1 amide bonds. The Hall–Kier alpha value is -1.24. The molecule has 0 radical (unpaired) electrons. The van der Waals surface area contributed by atoms with Gasteiger partial charge in [-0.1, -0.05) is 23.4 Å². The van der Waals surface area contributed by atoms with Gasteiger partial charge in [0.25, 0.3) is 5.91 Å². The van der Waals surface area contributed by atoms with Crippen LogP contribution in [0.2, 0.25) is 5.02 Å². The maximum absolute atomic E-state index is 11.8. The Labute approximate surface area is 130 Å². The summed E-state index contributed by atoms with van der Waals surface area (Å²) in [6.45, 7) is 0.593. The van der Waals surface area contributed by atoms with Gasteiger partial charge in [-0.25, -0.2) is 4.98 Å². The van der Waals surface area contributed by atoms with Crippen LogP contribution in [0.1, 0.15) is 16.8 Å². The molecule has 0 bridgehead atoms. The van der Waals surface area contributed by atoms with Crippen LogP contribution in [0.25, 0.3) is 0 Å². The fraction of sp³-hybridized carbons (Fsp3) is 0.231. The highest BCUT2D eigenvalue weighted by Gasteiger charge is 2.07. The number of benzene rings is 1. The number of thioether (sulfide) groups is 1. The highest BCUT2D eigenvalue weighted by molar-refractivity contribution is 8.00. The van der Waals surface area contributed by atoms with Crippen molar-refractivity contribution in [1.82, 2.24) is 10.3 Å². The number of hydrogen-bond donors (Lipinski definition) is 2. The van der Waals surface area contributed by atoms with E-state index in [1.165, 1.54) is 12.1 Å². The Kier molecular flexibility index (Phi) is 5.70. The Bertz CT molecular complexity index is 576. The van der Waals surface area contributed by atoms with Crippen molar-refractivity contribution in [3.8, 4) is 5.75 Å². The molecule has 1 aromatic carbocycles. The van der Waals surface area contributed by atoms with Crippen molar-refractivity contribution in [3.05, 3.63) is 40.4 Å². The lowest BCUT2D eigenvalue weighted by atomic mass is 10.2. The van der Waals surface area contributed by atoms with Crippen molar-refractivity contribution in [2.75, 3.05) is 12.3 Å². The summed E-state index contributed by atoms with van der Waals surface area (Å²) in [5.74, 6) is 0.693. The number of aromatic nitrogens is 1. The first-order chi connectivity index (χ1) is 9.66. The van der Waals surface area contributed by atoms with Gasteiger partial charge in [0.2, 0.25) is 0 Å². The van der Waals surface area contributed by atoms with Crippen LogP contribution < -0.4 is 5.32 Å². The molecule has 0 saturated carbocycles. The standard InChI is InChI=1S/C13H13ClN2O2S2/c14-10-8-9(2-3-11(10)17)12(18)15-4-1-6-19-13-16-5-7-20-13/h2-3,5,7-8,17H,1,4,6H2,(H,15,18). The van der Waals surface area contributed by atoms with Crippen LogP contribution in [-0.2, 0) is 0 Å². The molecule has 106 valence electrons. The van der Waals surface area contributed by atoms with Crippen LogP contribution in [0.15, 0.2) is 34.1 Å². The lowest BCUT2D eigenvalue weighted by Gasteiger charge is -2.05. The van der Waals surface area contributed by atoms with Gasteiger partial charge in [-0.15, -0.1) is 11.3 Å². The van der Waals surface area contributed by atoms with Gasteiger partial charge >= 0.3 is 0 Å². The highest BCUT2D eigenvalue weighted by atomic mass is 35.5. The van der Waals surface area contributed by atoms with E-state index in [1.807, 2.05) is 5.38 Å². The zero-order chi connectivity index (χ0) is 14.4. The number of halogens is 1. The van der Waals surface area contributed by atoms with E-state index in [-0.39, 0.29) is 16.7 Å². The van der Waals surface area contributed by atoms with Crippen molar-refractivity contribution < 1.29 is 9.90 Å². The number of hydrogen-bond acceptors (Lipinski definition) is 5. The van der Waals surface area contributed by atoms with E-state index < -0.39 is 0 Å². The second-order valence-corrected chi connectivity index (χ2v) is 6.57. The number of nitrogens with one attached hydrogen (secondary N) is 1. The summed E-state index contributed by atoms with van der Waals surface area (Å²) in [7, 11) is 0. The molecule has 2 aromatic rings. The average molecular weight is 329 g/mol. The first-order valence-electron chi connectivity index (χ1n) is 5.96. The fourth-order valence-electron chi connectivity index (χ4n) is 1.47. The van der Waals surface area contributed by atoms with E-state index in [0.717, 1.165) is 16.5 Å². The summed E-state index contributed by atoms with van der Waals surface area (Å²) in [5, 5.41) is 14.2. The van der Waals surface area contributed by atoms with Crippen molar-refractivity contribution in [2.24, 2.45) is 0 Å². The van der Waals surface area contributed by atoms with Crippen LogP contribution in [-0.4, -0.2) is 28.3 Å². The van der Waals surface area contributed by atoms with Crippen LogP contribution >= 0.6 is 34.7 Å². The van der Waals surface area contributed by atoms with Crippen molar-refractivity contribution >= 4 is 40.6 Å². The third-order valence-electron chi connectivity index (χ3n) is 2.45. The minimum Gasteiger partial charge on any atom is -0.506 e. The number of phenols is 1. The second kappa shape index (κ2) is 7.52. The zero-order valence-electron chi connectivity index (χ0n) is 10.5. The Morgan fingerprint density at radius 2 is 2.35 bits per heavy atom. The largest absolute Gasteiger partial charge is 0.506 e. The van der Waals surface area contributed by atoms with E-state index in [0.29, 0.717) is 12.1 Å². The first kappa shape index (κ1) is 15.2. The Balaban J connectivity index is 1.70. The van der Waals surface area contributed by atoms with Crippen LogP contribution in [0.3, 0.4) is 0 Å². The van der Waals surface area contributed by atoms with Gasteiger partial charge in [0.15, 0.2) is 0 Å². The SMILES string of the molecule is O=C(NCCCSc1nccs1)c1ccc(O)c(Cl)c1. The zero-order valence-corrected chi connectivity index (χ0v) is 12.9. The highest BCUT2D eigenvalue weighted by Crippen LogP contribution is 2.23. The molecule has 0 aliphatic heterocycles. The van der Waals surface area contributed by atoms with Gasteiger partial charge in [-0.05, 0) is 24.6 Å². The van der Waals surface area contributed by atoms with E-state index >= 15 is 0 Å². The van der Waals surface area contributed by atoms with Crippen LogP contribution in [0.4, 0.5) is 0 Å². The molecule has 0 saturated heterocycles. The third-order valence-corrected chi connectivity index (χ3v) is 4.81. The monoisotopic (exact) mass is 328 g/mol. The minimum atomic E-state index is -0.189. The second-order valence-electron chi connectivity index (χ2n) is 3.92. The predicted octanol–water partition coefficient (Wildman–Crippen LogP) is 3.41. The normalized spacial score (nSPS) is 10.4. The molecule has 0 unspecified atom stereocenters. The summed E-state index contributed by atoms with van der Waals surface area (Å²) >= 11 is 9.05. The number of phenolic OH excluding ortho intramolecular Hbond substituents is 1. The molecule has 2 rings (SSSR count). The summed E-state index contributed by atoms with van der Waals surface area (Å²) in [5.41, 5.74) is 0.445. The number of rotatable bonds is 6. The predicted molar refractivity (Wildman–Crippen MR) is 82.9 cm³/mol. The molecule has 0 aliphatic rings. The number of nitrogens with zero attached hydrogens (tertiary/aromatic N) is 1. The quantitative estimate of drug-likeness (QED) is 0.630. The molecule has 0 spiro atoms. The molecule has 20 heavy (non-hydrogen) atoms. The van der Waals surface area contributed by atoms with Gasteiger partial charge in [0.1, 0.15) is 10.1 Å². The molecule has 4 nitrogen and oxygen atoms in total. The molecule has 1 aromatic heterocycles. The van der Waals surface area contributed by atoms with Crippen molar-refractivity contribution in [2.45, 2.75) is 10.8 Å². The molecule has 0 aliphatic carbocycles. The van der Waals surface area contributed by atoms with Crippen molar-refractivity contribution in [1.29, 1.82) is 0 Å². The first-order valence-corrected chi connectivity index (χ1v) is 8.20. The topological polar surface area (TPSA) is 62.2 Å². The van der Waals surface area contributed by atoms with E-state index in [1.54, 1.807) is 35.4 Å². The summed E-state index contributed by atoms with van der Waals surface area (Å²) in [6, 6.07) is 4.41. The van der Waals surface area contributed by atoms with E-state index in [2.05, 4.69) is 10.3 Å². The number of carbonyl (C=O) groups is 1. The van der Waals surface area contributed by atoms with Crippen LogP contribution in [0, 0.1) is 0 Å². The molecule has 0 fully saturated rings. The summed E-state index contributed by atoms with van der Waals surface area (Å²) in [4.78, 5) is 16.0. The number of thiazole rings is 1. The maximum atomic E-state index is 11.8. The van der Waals surface area contributed by atoms with E-state index in [9.17, 15) is 9.90 Å². The van der Waals surface area contributed by atoms with Gasteiger partial charge in [0.05, 0.1) is 5.02 Å². The smallest absolute Gasteiger partial charge is 0.251 e. The Morgan fingerprint density at radius 1 is 1.50 bits per heavy atom. The lowest BCUT2D eigenvalue weighted by molar-refractivity contribution is 0.0954. The van der Waals surface area contributed by atoms with Gasteiger partial charge in [-0.3, -0.25) is 4.79 Å². The molecule has 7 heteroatoms. The Morgan fingerprint density at radius 3 is 3.05 bits per heavy atom. The molecule has 1 heterocycles. The number of amides is 1. The third kappa shape index (κ3) is 4.40. The molecular formula is C13H13ClN2O2S2. The number of aromatic hydroxyl groups is 1. The summed E-state index contributed by atoms with van der Waals surface area (Å²) < 4.78 is 1.04. The summed E-state index contributed by atoms with van der Waals surface area (Å²) in [6.07, 6.45) is 2.64. The minimum absolute atomic E-state index is 0.0249.